The molecule has 5 nitrogen and oxygen atoms in total. The Morgan fingerprint density at radius 3 is 2.50 bits per heavy atom. The molecule has 0 aliphatic rings. The second kappa shape index (κ2) is 4.94. The van der Waals surface area contributed by atoms with Crippen molar-refractivity contribution < 1.29 is 0 Å². The van der Waals surface area contributed by atoms with Gasteiger partial charge in [0.05, 0.1) is 0 Å². The third kappa shape index (κ3) is 2.30. The maximum atomic E-state index is 5.53. The van der Waals surface area contributed by atoms with E-state index < -0.39 is 0 Å². The first-order valence-corrected chi connectivity index (χ1v) is 5.49. The van der Waals surface area contributed by atoms with Crippen molar-refractivity contribution in [3.05, 3.63) is 36.4 Å². The third-order valence-electron chi connectivity index (χ3n) is 2.68. The molecule has 2 aromatic rings. The first-order valence-electron chi connectivity index (χ1n) is 5.49. The normalized spacial score (nSPS) is 10.9. The molecule has 0 spiro atoms. The molecule has 0 aromatic carbocycles. The summed E-state index contributed by atoms with van der Waals surface area (Å²) in [7, 11) is 0. The van der Waals surface area contributed by atoms with Crippen molar-refractivity contribution in [1.29, 1.82) is 0 Å². The molecule has 0 unspecified atom stereocenters. The van der Waals surface area contributed by atoms with Gasteiger partial charge in [0.1, 0.15) is 11.6 Å². The van der Waals surface area contributed by atoms with Crippen LogP contribution in [0.25, 0.3) is 0 Å². The van der Waals surface area contributed by atoms with E-state index in [0.717, 1.165) is 31.2 Å². The highest BCUT2D eigenvalue weighted by atomic mass is 15.1. The quantitative estimate of drug-likeness (QED) is 0.800. The van der Waals surface area contributed by atoms with E-state index in [0.29, 0.717) is 6.54 Å². The van der Waals surface area contributed by atoms with Crippen molar-refractivity contribution >= 4 is 0 Å². The summed E-state index contributed by atoms with van der Waals surface area (Å²) >= 11 is 0. The molecule has 0 saturated heterocycles. The molecular formula is C11H17N5. The minimum Gasteiger partial charge on any atom is -0.333 e. The van der Waals surface area contributed by atoms with Crippen LogP contribution in [0.5, 0.6) is 0 Å². The Kier molecular flexibility index (Phi) is 3.36. The minimum atomic E-state index is 0.640. The number of rotatable bonds is 5. The topological polar surface area (TPSA) is 61.7 Å². The van der Waals surface area contributed by atoms with E-state index >= 15 is 0 Å². The molecule has 0 radical (unpaired) electrons. The smallest absolute Gasteiger partial charge is 0.109 e. The average Bonchev–Trinajstić information content (AvgIpc) is 2.86. The highest BCUT2D eigenvalue weighted by Crippen LogP contribution is 2.01. The van der Waals surface area contributed by atoms with Gasteiger partial charge in [-0.1, -0.05) is 0 Å². The summed E-state index contributed by atoms with van der Waals surface area (Å²) in [6, 6.07) is 0. The van der Waals surface area contributed by atoms with Crippen molar-refractivity contribution in [3.8, 4) is 0 Å². The van der Waals surface area contributed by atoms with Crippen LogP contribution >= 0.6 is 0 Å². The zero-order chi connectivity index (χ0) is 11.4. The second-order valence-corrected chi connectivity index (χ2v) is 3.74. The standard InChI is InChI=1S/C11H17N5/c1-10-13-4-6-15(10)8-9-16-7-5-14-11(16)2-3-12/h4-7H,2-3,8-9,12H2,1H3. The van der Waals surface area contributed by atoms with E-state index in [1.807, 2.05) is 31.7 Å². The summed E-state index contributed by atoms with van der Waals surface area (Å²) in [5.74, 6) is 2.10. The highest BCUT2D eigenvalue weighted by molar-refractivity contribution is 4.94. The van der Waals surface area contributed by atoms with Crippen LogP contribution in [0.2, 0.25) is 0 Å². The van der Waals surface area contributed by atoms with E-state index in [9.17, 15) is 0 Å². The van der Waals surface area contributed by atoms with E-state index in [-0.39, 0.29) is 0 Å². The van der Waals surface area contributed by atoms with Crippen LogP contribution in [0.1, 0.15) is 11.6 Å². The molecule has 5 heteroatoms. The van der Waals surface area contributed by atoms with Crippen LogP contribution in [0, 0.1) is 6.92 Å². The number of imidazole rings is 2. The van der Waals surface area contributed by atoms with Crippen molar-refractivity contribution in [2.75, 3.05) is 6.54 Å². The largest absolute Gasteiger partial charge is 0.333 e. The Labute approximate surface area is 94.9 Å². The Morgan fingerprint density at radius 1 is 1.12 bits per heavy atom. The van der Waals surface area contributed by atoms with E-state index in [4.69, 9.17) is 5.73 Å². The summed E-state index contributed by atoms with van der Waals surface area (Å²) in [6.07, 6.45) is 8.47. The third-order valence-corrected chi connectivity index (χ3v) is 2.68. The van der Waals surface area contributed by atoms with Gasteiger partial charge in [0, 0.05) is 44.3 Å². The van der Waals surface area contributed by atoms with Gasteiger partial charge in [-0.15, -0.1) is 0 Å². The molecule has 0 aliphatic heterocycles. The molecule has 0 bridgehead atoms. The Morgan fingerprint density at radius 2 is 1.81 bits per heavy atom. The van der Waals surface area contributed by atoms with Crippen LogP contribution in [-0.4, -0.2) is 25.6 Å². The van der Waals surface area contributed by atoms with Gasteiger partial charge in [-0.3, -0.25) is 0 Å². The molecule has 0 fully saturated rings. The lowest BCUT2D eigenvalue weighted by Gasteiger charge is -2.08. The summed E-state index contributed by atoms with van der Waals surface area (Å²) < 4.78 is 4.28. The number of nitrogens with zero attached hydrogens (tertiary/aromatic N) is 4. The summed E-state index contributed by atoms with van der Waals surface area (Å²) in [6.45, 7) is 4.47. The molecule has 0 amide bonds. The summed E-state index contributed by atoms with van der Waals surface area (Å²) in [4.78, 5) is 8.48. The Balaban J connectivity index is 1.99. The maximum Gasteiger partial charge on any atom is 0.109 e. The molecule has 2 rings (SSSR count). The minimum absolute atomic E-state index is 0.640. The molecule has 86 valence electrons. The van der Waals surface area contributed by atoms with E-state index in [1.165, 1.54) is 0 Å². The number of aromatic nitrogens is 4. The molecule has 16 heavy (non-hydrogen) atoms. The van der Waals surface area contributed by atoms with Gasteiger partial charge in [-0.2, -0.15) is 0 Å². The van der Waals surface area contributed by atoms with Crippen molar-refractivity contribution in [2.24, 2.45) is 5.73 Å². The second-order valence-electron chi connectivity index (χ2n) is 3.74. The number of aryl methyl sites for hydroxylation is 3. The van der Waals surface area contributed by atoms with Gasteiger partial charge in [0.15, 0.2) is 0 Å². The van der Waals surface area contributed by atoms with E-state index in [2.05, 4.69) is 19.1 Å². The first-order chi connectivity index (χ1) is 7.81. The predicted octanol–water partition coefficient (Wildman–Crippen LogP) is 0.589. The zero-order valence-electron chi connectivity index (χ0n) is 9.50. The lowest BCUT2D eigenvalue weighted by molar-refractivity contribution is 0.549. The zero-order valence-corrected chi connectivity index (χ0v) is 9.50. The molecule has 2 heterocycles. The lowest BCUT2D eigenvalue weighted by Crippen LogP contribution is -2.13. The molecule has 0 atom stereocenters. The summed E-state index contributed by atoms with van der Waals surface area (Å²) in [5, 5.41) is 0. The van der Waals surface area contributed by atoms with Gasteiger partial charge in [-0.05, 0) is 13.5 Å². The molecule has 2 aromatic heterocycles. The van der Waals surface area contributed by atoms with Crippen LogP contribution in [-0.2, 0) is 19.5 Å². The fraction of sp³-hybridized carbons (Fsp3) is 0.455. The van der Waals surface area contributed by atoms with Crippen LogP contribution in [0.4, 0.5) is 0 Å². The van der Waals surface area contributed by atoms with Crippen molar-refractivity contribution in [1.82, 2.24) is 19.1 Å². The van der Waals surface area contributed by atoms with Crippen molar-refractivity contribution in [3.63, 3.8) is 0 Å². The monoisotopic (exact) mass is 219 g/mol. The van der Waals surface area contributed by atoms with Crippen molar-refractivity contribution in [2.45, 2.75) is 26.4 Å². The van der Waals surface area contributed by atoms with Crippen LogP contribution < -0.4 is 5.73 Å². The molecule has 0 aliphatic carbocycles. The van der Waals surface area contributed by atoms with Crippen LogP contribution in [0.3, 0.4) is 0 Å². The van der Waals surface area contributed by atoms with E-state index in [1.54, 1.807) is 0 Å². The highest BCUT2D eigenvalue weighted by Gasteiger charge is 2.02. The number of hydrogen-bond acceptors (Lipinski definition) is 3. The van der Waals surface area contributed by atoms with Gasteiger partial charge in [0.2, 0.25) is 0 Å². The fourth-order valence-corrected chi connectivity index (χ4v) is 1.76. The SMILES string of the molecule is Cc1nccn1CCn1ccnc1CCN. The lowest BCUT2D eigenvalue weighted by atomic mass is 10.4. The first kappa shape index (κ1) is 10.9. The molecule has 0 saturated carbocycles. The van der Waals surface area contributed by atoms with Crippen LogP contribution in [0.15, 0.2) is 24.8 Å². The van der Waals surface area contributed by atoms with Gasteiger partial charge >= 0.3 is 0 Å². The number of hydrogen-bond donors (Lipinski definition) is 1. The number of nitrogens with two attached hydrogens (primary N) is 1. The van der Waals surface area contributed by atoms with Gasteiger partial charge < -0.3 is 14.9 Å². The Hall–Kier alpha value is -1.62. The predicted molar refractivity (Wildman–Crippen MR) is 61.9 cm³/mol. The summed E-state index contributed by atoms with van der Waals surface area (Å²) in [5.41, 5.74) is 5.53. The Bertz CT molecular complexity index is 443. The fourth-order valence-electron chi connectivity index (χ4n) is 1.76. The average molecular weight is 219 g/mol. The van der Waals surface area contributed by atoms with Gasteiger partial charge in [0.25, 0.3) is 0 Å². The molecule has 2 N–H and O–H groups in total. The molecular weight excluding hydrogens is 202 g/mol. The maximum absolute atomic E-state index is 5.53. The van der Waals surface area contributed by atoms with Gasteiger partial charge in [-0.25, -0.2) is 9.97 Å².